The average molecular weight is 309 g/mol. The SMILES string of the molecule is Cc1ccc(NC(=O)Cc2cc(=O)oc3cc(O)ccc23)cc1. The third-order valence-electron chi connectivity index (χ3n) is 3.50. The standard InChI is InChI=1S/C18H15NO4/c1-11-2-4-13(5-3-11)19-17(21)8-12-9-18(22)23-16-10-14(20)6-7-15(12)16/h2-7,9-10,20H,8H2,1H3,(H,19,21). The Kier molecular flexibility index (Phi) is 3.85. The molecule has 0 aliphatic carbocycles. The van der Waals surface area contributed by atoms with Crippen molar-refractivity contribution in [2.24, 2.45) is 0 Å². The highest BCUT2D eigenvalue weighted by Crippen LogP contribution is 2.22. The van der Waals surface area contributed by atoms with E-state index in [9.17, 15) is 14.7 Å². The van der Waals surface area contributed by atoms with Crippen LogP contribution in [-0.2, 0) is 11.2 Å². The number of benzene rings is 2. The lowest BCUT2D eigenvalue weighted by molar-refractivity contribution is -0.115. The first-order chi connectivity index (χ1) is 11.0. The van der Waals surface area contributed by atoms with E-state index in [0.29, 0.717) is 16.6 Å². The molecule has 0 atom stereocenters. The van der Waals surface area contributed by atoms with Gasteiger partial charge in [-0.2, -0.15) is 0 Å². The van der Waals surface area contributed by atoms with E-state index in [2.05, 4.69) is 5.32 Å². The number of phenols is 1. The topological polar surface area (TPSA) is 79.5 Å². The van der Waals surface area contributed by atoms with Gasteiger partial charge in [-0.15, -0.1) is 0 Å². The van der Waals surface area contributed by atoms with E-state index in [-0.39, 0.29) is 23.7 Å². The van der Waals surface area contributed by atoms with Crippen LogP contribution in [0, 0.1) is 6.92 Å². The Bertz CT molecular complexity index is 926. The summed E-state index contributed by atoms with van der Waals surface area (Å²) in [5.41, 5.74) is 2.07. The number of hydrogen-bond acceptors (Lipinski definition) is 4. The van der Waals surface area contributed by atoms with Crippen molar-refractivity contribution >= 4 is 22.6 Å². The molecular weight excluding hydrogens is 294 g/mol. The molecule has 116 valence electrons. The Morgan fingerprint density at radius 2 is 1.87 bits per heavy atom. The third-order valence-corrected chi connectivity index (χ3v) is 3.50. The monoisotopic (exact) mass is 309 g/mol. The number of anilines is 1. The first-order valence-electron chi connectivity index (χ1n) is 7.13. The summed E-state index contributed by atoms with van der Waals surface area (Å²) in [5, 5.41) is 12.9. The maximum atomic E-state index is 12.2. The molecule has 23 heavy (non-hydrogen) atoms. The second kappa shape index (κ2) is 5.96. The van der Waals surface area contributed by atoms with E-state index >= 15 is 0 Å². The molecule has 2 N–H and O–H groups in total. The van der Waals surface area contributed by atoms with Gasteiger partial charge in [0.25, 0.3) is 0 Å². The number of fused-ring (bicyclic) bond motifs is 1. The van der Waals surface area contributed by atoms with Crippen molar-refractivity contribution in [3.8, 4) is 5.75 Å². The zero-order valence-corrected chi connectivity index (χ0v) is 12.5. The minimum absolute atomic E-state index is 0.00177. The Morgan fingerprint density at radius 3 is 2.61 bits per heavy atom. The number of aromatic hydroxyl groups is 1. The van der Waals surface area contributed by atoms with E-state index < -0.39 is 5.63 Å². The van der Waals surface area contributed by atoms with Gasteiger partial charge in [-0.3, -0.25) is 4.79 Å². The van der Waals surface area contributed by atoms with Crippen LogP contribution in [-0.4, -0.2) is 11.0 Å². The number of hydrogen-bond donors (Lipinski definition) is 2. The lowest BCUT2D eigenvalue weighted by Crippen LogP contribution is -2.15. The fourth-order valence-corrected chi connectivity index (χ4v) is 2.38. The van der Waals surface area contributed by atoms with Gasteiger partial charge in [-0.05, 0) is 36.8 Å². The Hall–Kier alpha value is -3.08. The summed E-state index contributed by atoms with van der Waals surface area (Å²) in [6.45, 7) is 1.97. The molecule has 1 amide bonds. The van der Waals surface area contributed by atoms with Gasteiger partial charge in [-0.25, -0.2) is 4.79 Å². The largest absolute Gasteiger partial charge is 0.508 e. The van der Waals surface area contributed by atoms with Crippen molar-refractivity contribution < 1.29 is 14.3 Å². The lowest BCUT2D eigenvalue weighted by Gasteiger charge is -2.07. The van der Waals surface area contributed by atoms with Crippen LogP contribution in [0.1, 0.15) is 11.1 Å². The predicted octanol–water partition coefficient (Wildman–Crippen LogP) is 2.99. The number of aryl methyl sites for hydroxylation is 1. The fraction of sp³-hybridized carbons (Fsp3) is 0.111. The zero-order valence-electron chi connectivity index (χ0n) is 12.5. The Balaban J connectivity index is 1.87. The predicted molar refractivity (Wildman–Crippen MR) is 87.7 cm³/mol. The summed E-state index contributed by atoms with van der Waals surface area (Å²) < 4.78 is 5.05. The molecule has 0 saturated heterocycles. The number of rotatable bonds is 3. The van der Waals surface area contributed by atoms with Crippen LogP contribution in [0.2, 0.25) is 0 Å². The van der Waals surface area contributed by atoms with Crippen molar-refractivity contribution in [3.05, 3.63) is 70.1 Å². The van der Waals surface area contributed by atoms with Gasteiger partial charge in [0.2, 0.25) is 5.91 Å². The lowest BCUT2D eigenvalue weighted by atomic mass is 10.1. The van der Waals surface area contributed by atoms with Crippen molar-refractivity contribution in [1.82, 2.24) is 0 Å². The van der Waals surface area contributed by atoms with Crippen LogP contribution in [0.25, 0.3) is 11.0 Å². The highest BCUT2D eigenvalue weighted by atomic mass is 16.4. The number of phenolic OH excluding ortho intramolecular Hbond substituents is 1. The zero-order chi connectivity index (χ0) is 16.4. The number of amides is 1. The number of carbonyl (C=O) groups is 1. The van der Waals surface area contributed by atoms with Gasteiger partial charge in [0.05, 0.1) is 6.42 Å². The van der Waals surface area contributed by atoms with E-state index in [4.69, 9.17) is 4.42 Å². The highest BCUT2D eigenvalue weighted by Gasteiger charge is 2.11. The van der Waals surface area contributed by atoms with Crippen molar-refractivity contribution in [2.45, 2.75) is 13.3 Å². The minimum atomic E-state index is -0.554. The fourth-order valence-electron chi connectivity index (χ4n) is 2.38. The normalized spacial score (nSPS) is 10.7. The summed E-state index contributed by atoms with van der Waals surface area (Å²) in [6, 6.07) is 13.2. The van der Waals surface area contributed by atoms with Gasteiger partial charge in [0.15, 0.2) is 0 Å². The molecule has 1 aromatic heterocycles. The van der Waals surface area contributed by atoms with Crippen LogP contribution in [0.5, 0.6) is 5.75 Å². The summed E-state index contributed by atoms with van der Waals surface area (Å²) >= 11 is 0. The second-order valence-electron chi connectivity index (χ2n) is 5.36. The Labute approximate surface area is 132 Å². The van der Waals surface area contributed by atoms with E-state index in [1.807, 2.05) is 31.2 Å². The molecule has 0 aliphatic heterocycles. The third kappa shape index (κ3) is 3.40. The summed E-state index contributed by atoms with van der Waals surface area (Å²) in [5.74, 6) is -0.226. The molecule has 0 radical (unpaired) electrons. The van der Waals surface area contributed by atoms with Crippen molar-refractivity contribution in [2.75, 3.05) is 5.32 Å². The molecule has 0 fully saturated rings. The van der Waals surface area contributed by atoms with Gasteiger partial charge in [0.1, 0.15) is 11.3 Å². The van der Waals surface area contributed by atoms with Crippen LogP contribution < -0.4 is 10.9 Å². The van der Waals surface area contributed by atoms with Gasteiger partial charge in [-0.1, -0.05) is 17.7 Å². The van der Waals surface area contributed by atoms with Gasteiger partial charge in [0, 0.05) is 23.2 Å². The molecule has 3 rings (SSSR count). The average Bonchev–Trinajstić information content (AvgIpc) is 2.49. The molecule has 1 heterocycles. The smallest absolute Gasteiger partial charge is 0.336 e. The molecule has 0 aliphatic rings. The van der Waals surface area contributed by atoms with E-state index in [0.717, 1.165) is 5.56 Å². The summed E-state index contributed by atoms with van der Waals surface area (Å²) in [7, 11) is 0. The molecule has 2 aromatic carbocycles. The first-order valence-corrected chi connectivity index (χ1v) is 7.13. The maximum Gasteiger partial charge on any atom is 0.336 e. The number of nitrogens with one attached hydrogen (secondary N) is 1. The molecular formula is C18H15NO4. The summed E-state index contributed by atoms with van der Waals surface area (Å²) in [4.78, 5) is 23.8. The molecule has 0 saturated carbocycles. The maximum absolute atomic E-state index is 12.2. The minimum Gasteiger partial charge on any atom is -0.508 e. The van der Waals surface area contributed by atoms with Gasteiger partial charge < -0.3 is 14.8 Å². The van der Waals surface area contributed by atoms with Crippen LogP contribution in [0.3, 0.4) is 0 Å². The van der Waals surface area contributed by atoms with E-state index in [1.54, 1.807) is 6.07 Å². The summed E-state index contributed by atoms with van der Waals surface area (Å²) in [6.07, 6.45) is 0.0424. The van der Waals surface area contributed by atoms with Crippen LogP contribution in [0.15, 0.2) is 57.7 Å². The van der Waals surface area contributed by atoms with E-state index in [1.165, 1.54) is 18.2 Å². The molecule has 0 bridgehead atoms. The highest BCUT2D eigenvalue weighted by molar-refractivity contribution is 5.95. The van der Waals surface area contributed by atoms with Crippen molar-refractivity contribution in [3.63, 3.8) is 0 Å². The van der Waals surface area contributed by atoms with Crippen molar-refractivity contribution in [1.29, 1.82) is 0 Å². The molecule has 3 aromatic rings. The quantitative estimate of drug-likeness (QED) is 0.729. The number of carbonyl (C=O) groups excluding carboxylic acids is 1. The Morgan fingerprint density at radius 1 is 1.13 bits per heavy atom. The molecule has 5 heteroatoms. The second-order valence-corrected chi connectivity index (χ2v) is 5.36. The molecule has 5 nitrogen and oxygen atoms in total. The molecule has 0 unspecified atom stereocenters. The molecule has 0 spiro atoms. The van der Waals surface area contributed by atoms with Crippen LogP contribution in [0.4, 0.5) is 5.69 Å². The first kappa shape index (κ1) is 14.8. The van der Waals surface area contributed by atoms with Gasteiger partial charge >= 0.3 is 5.63 Å². The van der Waals surface area contributed by atoms with Crippen LogP contribution >= 0.6 is 0 Å².